The first-order valence-electron chi connectivity index (χ1n) is 12.2. The minimum absolute atomic E-state index is 0.0932. The summed E-state index contributed by atoms with van der Waals surface area (Å²) in [5.41, 5.74) is 3.60. The lowest BCUT2D eigenvalue weighted by Crippen LogP contribution is -2.64. The number of rotatable bonds is 9. The maximum absolute atomic E-state index is 13.6. The summed E-state index contributed by atoms with van der Waals surface area (Å²) in [4.78, 5) is 15.3. The first kappa shape index (κ1) is 28.6. The predicted octanol–water partition coefficient (Wildman–Crippen LogP) is 2.09. The van der Waals surface area contributed by atoms with E-state index >= 15 is 0 Å². The number of amides is 1. The van der Waals surface area contributed by atoms with Crippen LogP contribution in [0.15, 0.2) is 24.3 Å². The molecule has 0 aromatic heterocycles. The zero-order valence-corrected chi connectivity index (χ0v) is 21.2. The maximum atomic E-state index is 13.6. The Morgan fingerprint density at radius 3 is 2.14 bits per heavy atom. The molecule has 2 heterocycles. The highest BCUT2D eigenvalue weighted by molar-refractivity contribution is 7.91. The molecule has 0 spiro atoms. The molecule has 1 amide bonds. The van der Waals surface area contributed by atoms with Crippen molar-refractivity contribution in [2.24, 2.45) is 0 Å². The molecule has 0 radical (unpaired) electrons. The molecule has 2 saturated heterocycles. The standard InChI is InChI=1S/C23H35F3N4O5S/c1-2-3-4-5-18-6-8-19(9-7-18)28-14-16-30(17-15-28)36(34,35)22(20(31)27-33)10-12-29(13-11-22)21(32)23(24,25)26/h6-9,21,32-33H,2-5,10-17H2,1H3,(H,27,31). The molecule has 13 heteroatoms. The fraction of sp³-hybridized carbons (Fsp3) is 0.696. The number of piperidine rings is 1. The highest BCUT2D eigenvalue weighted by Gasteiger charge is 2.57. The Morgan fingerprint density at radius 1 is 1.06 bits per heavy atom. The lowest BCUT2D eigenvalue weighted by Gasteiger charge is -2.44. The van der Waals surface area contributed by atoms with Crippen LogP contribution in [-0.4, -0.2) is 90.3 Å². The van der Waals surface area contributed by atoms with Gasteiger partial charge in [0.15, 0.2) is 4.75 Å². The van der Waals surface area contributed by atoms with Gasteiger partial charge in [0.2, 0.25) is 16.3 Å². The number of aryl methyl sites for hydroxylation is 1. The number of piperazine rings is 1. The normalized spacial score (nSPS) is 20.8. The topological polar surface area (TPSA) is 113 Å². The average molecular weight is 537 g/mol. The second-order valence-corrected chi connectivity index (χ2v) is 11.6. The van der Waals surface area contributed by atoms with Crippen LogP contribution in [-0.2, 0) is 21.2 Å². The number of aliphatic hydroxyl groups is 1. The smallest absolute Gasteiger partial charge is 0.370 e. The van der Waals surface area contributed by atoms with Gasteiger partial charge >= 0.3 is 6.18 Å². The van der Waals surface area contributed by atoms with Gasteiger partial charge in [0, 0.05) is 45.0 Å². The number of likely N-dealkylation sites (tertiary alicyclic amines) is 1. The van der Waals surface area contributed by atoms with Crippen LogP contribution in [0.1, 0.15) is 44.6 Å². The number of nitrogens with zero attached hydrogens (tertiary/aromatic N) is 3. The van der Waals surface area contributed by atoms with Crippen molar-refractivity contribution in [3.05, 3.63) is 29.8 Å². The van der Waals surface area contributed by atoms with E-state index in [0.717, 1.165) is 24.9 Å². The van der Waals surface area contributed by atoms with Crippen LogP contribution in [0.5, 0.6) is 0 Å². The second kappa shape index (κ2) is 11.6. The molecule has 0 saturated carbocycles. The Morgan fingerprint density at radius 2 is 1.64 bits per heavy atom. The molecule has 9 nitrogen and oxygen atoms in total. The van der Waals surface area contributed by atoms with E-state index < -0.39 is 59.0 Å². The predicted molar refractivity (Wildman–Crippen MR) is 128 cm³/mol. The van der Waals surface area contributed by atoms with Gasteiger partial charge in [-0.3, -0.25) is 14.9 Å². The van der Waals surface area contributed by atoms with Crippen molar-refractivity contribution in [3.8, 4) is 0 Å². The zero-order valence-electron chi connectivity index (χ0n) is 20.4. The number of anilines is 1. The number of aliphatic hydroxyl groups excluding tert-OH is 1. The van der Waals surface area contributed by atoms with E-state index in [4.69, 9.17) is 0 Å². The molecule has 1 atom stereocenters. The summed E-state index contributed by atoms with van der Waals surface area (Å²) >= 11 is 0. The molecule has 3 N–H and O–H groups in total. The zero-order chi connectivity index (χ0) is 26.6. The van der Waals surface area contributed by atoms with Gasteiger partial charge in [0.25, 0.3) is 5.91 Å². The third kappa shape index (κ3) is 5.96. The Bertz CT molecular complexity index is 974. The summed E-state index contributed by atoms with van der Waals surface area (Å²) in [6, 6.07) is 8.15. The van der Waals surface area contributed by atoms with Gasteiger partial charge in [-0.05, 0) is 43.4 Å². The Labute approximate surface area is 209 Å². The van der Waals surface area contributed by atoms with E-state index in [0.29, 0.717) is 18.0 Å². The fourth-order valence-electron chi connectivity index (χ4n) is 4.93. The number of hydroxylamine groups is 1. The third-order valence-electron chi connectivity index (χ3n) is 7.20. The van der Waals surface area contributed by atoms with Crippen molar-refractivity contribution in [2.75, 3.05) is 44.2 Å². The average Bonchev–Trinajstić information content (AvgIpc) is 2.88. The summed E-state index contributed by atoms with van der Waals surface area (Å²) < 4.78 is 64.9. The molecule has 2 aliphatic heterocycles. The van der Waals surface area contributed by atoms with E-state index in [2.05, 4.69) is 19.1 Å². The Balaban J connectivity index is 1.67. The molecule has 0 aliphatic carbocycles. The van der Waals surface area contributed by atoms with Crippen molar-refractivity contribution in [1.29, 1.82) is 0 Å². The van der Waals surface area contributed by atoms with Crippen LogP contribution < -0.4 is 10.4 Å². The second-order valence-electron chi connectivity index (χ2n) is 9.40. The number of nitrogens with one attached hydrogen (secondary N) is 1. The molecular weight excluding hydrogens is 501 g/mol. The van der Waals surface area contributed by atoms with Crippen molar-refractivity contribution in [3.63, 3.8) is 0 Å². The summed E-state index contributed by atoms with van der Waals surface area (Å²) in [7, 11) is -4.32. The maximum Gasteiger partial charge on any atom is 0.428 e. The largest absolute Gasteiger partial charge is 0.428 e. The molecule has 1 unspecified atom stereocenters. The van der Waals surface area contributed by atoms with Crippen molar-refractivity contribution >= 4 is 21.6 Å². The monoisotopic (exact) mass is 536 g/mol. The van der Waals surface area contributed by atoms with E-state index in [9.17, 15) is 36.7 Å². The molecule has 204 valence electrons. The number of carbonyl (C=O) groups is 1. The number of unbranched alkanes of at least 4 members (excludes halogenated alkanes) is 2. The van der Waals surface area contributed by atoms with Gasteiger partial charge in [0.05, 0.1) is 0 Å². The number of sulfonamides is 1. The first-order valence-corrected chi connectivity index (χ1v) is 13.7. The number of carbonyl (C=O) groups excluding carboxylic acids is 1. The molecule has 1 aromatic carbocycles. The highest BCUT2D eigenvalue weighted by atomic mass is 32.2. The van der Waals surface area contributed by atoms with E-state index in [1.165, 1.54) is 21.8 Å². The van der Waals surface area contributed by atoms with Gasteiger partial charge in [0.1, 0.15) is 0 Å². The molecule has 2 fully saturated rings. The Kier molecular flexibility index (Phi) is 9.25. The first-order chi connectivity index (χ1) is 17.0. The van der Waals surface area contributed by atoms with Crippen LogP contribution >= 0.6 is 0 Å². The van der Waals surface area contributed by atoms with Gasteiger partial charge in [-0.15, -0.1) is 0 Å². The molecule has 3 rings (SSSR count). The molecule has 36 heavy (non-hydrogen) atoms. The van der Waals surface area contributed by atoms with Crippen LogP contribution in [0.2, 0.25) is 0 Å². The Hall–Kier alpha value is -1.93. The molecule has 1 aromatic rings. The van der Waals surface area contributed by atoms with Gasteiger partial charge < -0.3 is 10.0 Å². The summed E-state index contributed by atoms with van der Waals surface area (Å²) in [5, 5.41) is 18.8. The number of benzene rings is 1. The van der Waals surface area contributed by atoms with Gasteiger partial charge in [-0.25, -0.2) is 13.9 Å². The minimum atomic E-state index is -4.90. The van der Waals surface area contributed by atoms with E-state index in [1.54, 1.807) is 0 Å². The van der Waals surface area contributed by atoms with Gasteiger partial charge in [-0.2, -0.15) is 17.5 Å². The van der Waals surface area contributed by atoms with Crippen molar-refractivity contribution in [1.82, 2.24) is 14.7 Å². The van der Waals surface area contributed by atoms with E-state index in [-0.39, 0.29) is 13.1 Å². The highest BCUT2D eigenvalue weighted by Crippen LogP contribution is 2.36. The lowest BCUT2D eigenvalue weighted by molar-refractivity contribution is -0.252. The third-order valence-corrected chi connectivity index (χ3v) is 9.83. The van der Waals surface area contributed by atoms with Crippen molar-refractivity contribution < 1.29 is 36.7 Å². The van der Waals surface area contributed by atoms with Crippen LogP contribution in [0.25, 0.3) is 0 Å². The van der Waals surface area contributed by atoms with Gasteiger partial charge in [-0.1, -0.05) is 31.9 Å². The molecule has 0 bridgehead atoms. The fourth-order valence-corrected chi connectivity index (χ4v) is 7.04. The van der Waals surface area contributed by atoms with Crippen LogP contribution in [0, 0.1) is 0 Å². The molecule has 2 aliphatic rings. The lowest BCUT2D eigenvalue weighted by atomic mass is 9.94. The summed E-state index contributed by atoms with van der Waals surface area (Å²) in [5.74, 6) is -1.18. The number of hydrogen-bond acceptors (Lipinski definition) is 7. The van der Waals surface area contributed by atoms with Crippen molar-refractivity contribution in [2.45, 2.75) is 62.6 Å². The summed E-state index contributed by atoms with van der Waals surface area (Å²) in [6.45, 7) is 2.15. The number of hydrogen-bond donors (Lipinski definition) is 3. The molecular formula is C23H35F3N4O5S. The van der Waals surface area contributed by atoms with Crippen LogP contribution in [0.4, 0.5) is 18.9 Å². The quantitative estimate of drug-likeness (QED) is 0.252. The number of alkyl halides is 3. The minimum Gasteiger partial charge on any atom is -0.370 e. The SMILES string of the molecule is CCCCCc1ccc(N2CCN(S(=O)(=O)C3(C(=O)NO)CCN(C(O)C(F)(F)F)CC3)CC2)cc1. The van der Waals surface area contributed by atoms with E-state index in [1.807, 2.05) is 17.0 Å². The summed E-state index contributed by atoms with van der Waals surface area (Å²) in [6.07, 6.45) is -4.17. The number of halogens is 3. The van der Waals surface area contributed by atoms with Crippen LogP contribution in [0.3, 0.4) is 0 Å².